The Balaban J connectivity index is 1.82. The van der Waals surface area contributed by atoms with E-state index < -0.39 is 5.97 Å². The van der Waals surface area contributed by atoms with Gasteiger partial charge in [-0.05, 0) is 49.9 Å². The number of carbonyl (C=O) groups is 3. The third-order valence-corrected chi connectivity index (χ3v) is 7.26. The largest absolute Gasteiger partial charge is 0.462 e. The van der Waals surface area contributed by atoms with Crippen LogP contribution in [0.15, 0.2) is 24.3 Å². The molecule has 1 saturated carbocycles. The number of hydrogen-bond donors (Lipinski definition) is 2. The van der Waals surface area contributed by atoms with Crippen molar-refractivity contribution in [1.29, 1.82) is 0 Å². The molecule has 0 spiro atoms. The lowest BCUT2D eigenvalue weighted by molar-refractivity contribution is -0.118. The third-order valence-electron chi connectivity index (χ3n) is 6.05. The highest BCUT2D eigenvalue weighted by atomic mass is 32.1. The van der Waals surface area contributed by atoms with Gasteiger partial charge in [0.15, 0.2) is 0 Å². The summed E-state index contributed by atoms with van der Waals surface area (Å²) in [4.78, 5) is 40.5. The van der Waals surface area contributed by atoms with Crippen molar-refractivity contribution >= 4 is 34.1 Å². The van der Waals surface area contributed by atoms with Crippen molar-refractivity contribution in [3.63, 3.8) is 0 Å². The molecule has 0 atom stereocenters. The fraction of sp³-hybridized carbons (Fsp3) is 0.480. The molecule has 1 aromatic heterocycles. The van der Waals surface area contributed by atoms with Crippen LogP contribution < -0.4 is 10.6 Å². The van der Waals surface area contributed by atoms with Crippen LogP contribution in [0.1, 0.15) is 70.2 Å². The Morgan fingerprint density at radius 3 is 2.44 bits per heavy atom. The molecule has 184 valence electrons. The number of ether oxygens (including phenoxy) is 1. The molecule has 0 radical (unpaired) electrons. The Bertz CT molecular complexity index is 1020. The van der Waals surface area contributed by atoms with Gasteiger partial charge in [-0.15, -0.1) is 11.3 Å². The molecule has 1 aromatic carbocycles. The van der Waals surface area contributed by atoms with E-state index in [1.54, 1.807) is 26.0 Å². The molecule has 1 aliphatic rings. The molecular weight excluding hydrogens is 457 g/mol. The smallest absolute Gasteiger partial charge is 0.341 e. The zero-order valence-corrected chi connectivity index (χ0v) is 20.7. The first kappa shape index (κ1) is 25.8. The van der Waals surface area contributed by atoms with Crippen LogP contribution in [-0.4, -0.2) is 48.9 Å². The summed E-state index contributed by atoms with van der Waals surface area (Å²) in [6.07, 6.45) is 5.41. The van der Waals surface area contributed by atoms with Crippen molar-refractivity contribution < 1.29 is 23.5 Å². The minimum absolute atomic E-state index is 0.122. The molecule has 0 aliphatic heterocycles. The Hall–Kier alpha value is -2.78. The van der Waals surface area contributed by atoms with Gasteiger partial charge in [-0.3, -0.25) is 14.5 Å². The van der Waals surface area contributed by atoms with E-state index in [4.69, 9.17) is 4.74 Å². The van der Waals surface area contributed by atoms with E-state index in [0.29, 0.717) is 22.0 Å². The van der Waals surface area contributed by atoms with Crippen LogP contribution in [0.3, 0.4) is 0 Å². The molecule has 2 N–H and O–H groups in total. The first-order chi connectivity index (χ1) is 16.3. The standard InChI is InChI=1S/C25H32FN3O4S/c1-4-33-25(32)21-16(2)22(23(31)27-3)34-24(21)28-20(30)15-29(19-8-6-5-7-9-19)14-17-10-12-18(26)13-11-17/h10-13,19H,4-9,14-15H2,1-3H3,(H,27,31)(H,28,30). The van der Waals surface area contributed by atoms with Crippen LogP contribution in [0.25, 0.3) is 0 Å². The summed E-state index contributed by atoms with van der Waals surface area (Å²) in [5.74, 6) is -1.47. The molecule has 7 nitrogen and oxygen atoms in total. The molecule has 1 heterocycles. The van der Waals surface area contributed by atoms with E-state index >= 15 is 0 Å². The summed E-state index contributed by atoms with van der Waals surface area (Å²) in [6, 6.07) is 6.57. The lowest BCUT2D eigenvalue weighted by Crippen LogP contribution is -2.41. The van der Waals surface area contributed by atoms with E-state index in [9.17, 15) is 18.8 Å². The van der Waals surface area contributed by atoms with E-state index in [0.717, 1.165) is 42.6 Å². The van der Waals surface area contributed by atoms with Crippen LogP contribution in [0.4, 0.5) is 9.39 Å². The fourth-order valence-corrected chi connectivity index (χ4v) is 5.47. The molecule has 0 bridgehead atoms. The SMILES string of the molecule is CCOC(=O)c1c(NC(=O)CN(Cc2ccc(F)cc2)C2CCCCC2)sc(C(=O)NC)c1C. The lowest BCUT2D eigenvalue weighted by atomic mass is 9.93. The van der Waals surface area contributed by atoms with Crippen LogP contribution in [0, 0.1) is 12.7 Å². The monoisotopic (exact) mass is 489 g/mol. The second kappa shape index (κ2) is 12.1. The van der Waals surface area contributed by atoms with E-state index in [1.165, 1.54) is 25.6 Å². The van der Waals surface area contributed by atoms with E-state index in [-0.39, 0.29) is 42.4 Å². The lowest BCUT2D eigenvalue weighted by Gasteiger charge is -2.34. The van der Waals surface area contributed by atoms with Crippen LogP contribution >= 0.6 is 11.3 Å². The van der Waals surface area contributed by atoms with Gasteiger partial charge < -0.3 is 15.4 Å². The van der Waals surface area contributed by atoms with Crippen molar-refractivity contribution in [2.45, 2.75) is 58.5 Å². The number of nitrogens with zero attached hydrogens (tertiary/aromatic N) is 1. The molecule has 3 rings (SSSR count). The fourth-order valence-electron chi connectivity index (χ4n) is 4.32. The van der Waals surface area contributed by atoms with Gasteiger partial charge in [0, 0.05) is 19.6 Å². The maximum Gasteiger partial charge on any atom is 0.341 e. The number of benzene rings is 1. The molecule has 0 unspecified atom stereocenters. The summed E-state index contributed by atoms with van der Waals surface area (Å²) in [6.45, 7) is 4.21. The Labute approximate surface area is 203 Å². The molecule has 0 saturated heterocycles. The zero-order chi connectivity index (χ0) is 24.7. The van der Waals surface area contributed by atoms with Gasteiger partial charge in [-0.1, -0.05) is 31.4 Å². The second-order valence-corrected chi connectivity index (χ2v) is 9.45. The molecular formula is C25H32FN3O4S. The number of hydrogen-bond acceptors (Lipinski definition) is 6. The summed E-state index contributed by atoms with van der Waals surface area (Å²) in [7, 11) is 1.52. The molecule has 1 fully saturated rings. The first-order valence-electron chi connectivity index (χ1n) is 11.6. The van der Waals surface area contributed by atoms with E-state index in [1.807, 2.05) is 0 Å². The van der Waals surface area contributed by atoms with Gasteiger partial charge >= 0.3 is 5.97 Å². The maximum absolute atomic E-state index is 13.4. The van der Waals surface area contributed by atoms with Gasteiger partial charge in [0.1, 0.15) is 10.8 Å². The highest BCUT2D eigenvalue weighted by molar-refractivity contribution is 7.18. The number of thiophene rings is 1. The molecule has 2 amide bonds. The van der Waals surface area contributed by atoms with Crippen LogP contribution in [0.5, 0.6) is 0 Å². The van der Waals surface area contributed by atoms with Crippen LogP contribution in [-0.2, 0) is 16.1 Å². The normalized spacial score (nSPS) is 14.1. The average molecular weight is 490 g/mol. The van der Waals surface area contributed by atoms with Crippen LogP contribution in [0.2, 0.25) is 0 Å². The molecule has 2 aromatic rings. The number of carbonyl (C=O) groups excluding carboxylic acids is 3. The number of nitrogens with one attached hydrogen (secondary N) is 2. The predicted octanol–water partition coefficient (Wildman–Crippen LogP) is 4.51. The minimum Gasteiger partial charge on any atom is -0.462 e. The highest BCUT2D eigenvalue weighted by Crippen LogP contribution is 2.34. The Kier molecular flexibility index (Phi) is 9.18. The second-order valence-electron chi connectivity index (χ2n) is 8.43. The Morgan fingerprint density at radius 2 is 1.82 bits per heavy atom. The quantitative estimate of drug-likeness (QED) is 0.506. The maximum atomic E-state index is 13.4. The third kappa shape index (κ3) is 6.42. The van der Waals surface area contributed by atoms with Crippen molar-refractivity contribution in [1.82, 2.24) is 10.2 Å². The van der Waals surface area contributed by atoms with Gasteiger partial charge in [0.25, 0.3) is 5.91 Å². The minimum atomic E-state index is -0.572. The number of anilines is 1. The predicted molar refractivity (Wildman–Crippen MR) is 131 cm³/mol. The topological polar surface area (TPSA) is 87.7 Å². The number of rotatable bonds is 9. The van der Waals surface area contributed by atoms with Crippen molar-refractivity contribution in [3.05, 3.63) is 51.7 Å². The number of amides is 2. The molecule has 1 aliphatic carbocycles. The van der Waals surface area contributed by atoms with Crippen molar-refractivity contribution in [2.24, 2.45) is 0 Å². The van der Waals surface area contributed by atoms with Crippen molar-refractivity contribution in [3.8, 4) is 0 Å². The molecule has 9 heteroatoms. The number of esters is 1. The average Bonchev–Trinajstić information content (AvgIpc) is 3.15. The summed E-state index contributed by atoms with van der Waals surface area (Å²) in [5.41, 5.74) is 1.62. The highest BCUT2D eigenvalue weighted by Gasteiger charge is 2.28. The zero-order valence-electron chi connectivity index (χ0n) is 19.9. The van der Waals surface area contributed by atoms with Gasteiger partial charge in [-0.2, -0.15) is 0 Å². The van der Waals surface area contributed by atoms with Gasteiger partial charge in [0.05, 0.1) is 23.6 Å². The Morgan fingerprint density at radius 1 is 1.15 bits per heavy atom. The summed E-state index contributed by atoms with van der Waals surface area (Å²) in [5, 5.41) is 5.73. The summed E-state index contributed by atoms with van der Waals surface area (Å²) >= 11 is 1.06. The molecule has 34 heavy (non-hydrogen) atoms. The van der Waals surface area contributed by atoms with Gasteiger partial charge in [-0.25, -0.2) is 9.18 Å². The number of halogens is 1. The van der Waals surface area contributed by atoms with Crippen molar-refractivity contribution in [2.75, 3.05) is 25.5 Å². The summed E-state index contributed by atoms with van der Waals surface area (Å²) < 4.78 is 18.5. The van der Waals surface area contributed by atoms with Gasteiger partial charge in [0.2, 0.25) is 5.91 Å². The first-order valence-corrected chi connectivity index (χ1v) is 12.5. The van der Waals surface area contributed by atoms with E-state index in [2.05, 4.69) is 15.5 Å².